The van der Waals surface area contributed by atoms with Gasteiger partial charge in [-0.15, -0.1) is 0 Å². The molecule has 0 aromatic heterocycles. The van der Waals surface area contributed by atoms with Crippen LogP contribution >= 0.6 is 0 Å². The number of carbonyl (C=O) groups is 1. The standard InChI is InChI=1S/C16H22N2O/c17-15(12-6-7-12)14-9-8-13(10-18-16(14)19)11-4-2-1-3-5-11/h1-5,12-15H,6-10,17H2,(H,18,19)/t13-,14+,15?/m0/s1. The van der Waals surface area contributed by atoms with Gasteiger partial charge in [0.05, 0.1) is 5.92 Å². The van der Waals surface area contributed by atoms with E-state index in [1.54, 1.807) is 0 Å². The minimum Gasteiger partial charge on any atom is -0.355 e. The van der Waals surface area contributed by atoms with Gasteiger partial charge >= 0.3 is 0 Å². The Morgan fingerprint density at radius 1 is 1.11 bits per heavy atom. The van der Waals surface area contributed by atoms with Crippen molar-refractivity contribution in [1.82, 2.24) is 5.32 Å². The van der Waals surface area contributed by atoms with E-state index in [1.165, 1.54) is 18.4 Å². The molecule has 1 saturated carbocycles. The van der Waals surface area contributed by atoms with Gasteiger partial charge in [-0.05, 0) is 37.2 Å². The molecule has 3 rings (SSSR count). The molecule has 3 atom stereocenters. The third-order valence-electron chi connectivity index (χ3n) is 4.59. The van der Waals surface area contributed by atoms with Gasteiger partial charge in [-0.1, -0.05) is 30.3 Å². The molecule has 0 radical (unpaired) electrons. The second-order valence-corrected chi connectivity index (χ2v) is 5.95. The first kappa shape index (κ1) is 12.7. The van der Waals surface area contributed by atoms with Crippen molar-refractivity contribution in [2.75, 3.05) is 6.54 Å². The normalized spacial score (nSPS) is 29.4. The van der Waals surface area contributed by atoms with E-state index in [4.69, 9.17) is 5.73 Å². The lowest BCUT2D eigenvalue weighted by molar-refractivity contribution is -0.125. The van der Waals surface area contributed by atoms with Crippen LogP contribution < -0.4 is 11.1 Å². The highest BCUT2D eigenvalue weighted by Gasteiger charge is 2.38. The van der Waals surface area contributed by atoms with E-state index >= 15 is 0 Å². The smallest absolute Gasteiger partial charge is 0.224 e. The van der Waals surface area contributed by atoms with Gasteiger partial charge in [0.1, 0.15) is 0 Å². The summed E-state index contributed by atoms with van der Waals surface area (Å²) in [6.07, 6.45) is 4.37. The largest absolute Gasteiger partial charge is 0.355 e. The molecule has 1 saturated heterocycles. The quantitative estimate of drug-likeness (QED) is 0.871. The molecule has 3 N–H and O–H groups in total. The molecule has 102 valence electrons. The minimum atomic E-state index is 0.0150. The molecule has 1 unspecified atom stereocenters. The van der Waals surface area contributed by atoms with Crippen LogP contribution in [0.5, 0.6) is 0 Å². The number of carbonyl (C=O) groups excluding carboxylic acids is 1. The molecule has 3 nitrogen and oxygen atoms in total. The van der Waals surface area contributed by atoms with Gasteiger partial charge in [-0.25, -0.2) is 0 Å². The van der Waals surface area contributed by atoms with Crippen LogP contribution in [0.2, 0.25) is 0 Å². The monoisotopic (exact) mass is 258 g/mol. The molecule has 2 aliphatic rings. The fraction of sp³-hybridized carbons (Fsp3) is 0.562. The van der Waals surface area contributed by atoms with Crippen LogP contribution in [0.3, 0.4) is 0 Å². The average Bonchev–Trinajstić information content (AvgIpc) is 3.26. The molecule has 2 fully saturated rings. The highest BCUT2D eigenvalue weighted by Crippen LogP contribution is 2.37. The molecule has 3 heteroatoms. The van der Waals surface area contributed by atoms with E-state index < -0.39 is 0 Å². The zero-order valence-corrected chi connectivity index (χ0v) is 11.2. The second-order valence-electron chi connectivity index (χ2n) is 5.95. The summed E-state index contributed by atoms with van der Waals surface area (Å²) in [6.45, 7) is 0.747. The predicted molar refractivity (Wildman–Crippen MR) is 75.6 cm³/mol. The van der Waals surface area contributed by atoms with Gasteiger partial charge in [-0.3, -0.25) is 4.79 Å². The SMILES string of the molecule is NC(C1CC1)[C@H]1CC[C@H](c2ccccc2)CNC1=O. The number of nitrogens with one attached hydrogen (secondary N) is 1. The number of hydrogen-bond acceptors (Lipinski definition) is 2. The Bertz CT molecular complexity index is 441. The summed E-state index contributed by atoms with van der Waals surface area (Å²) in [5.41, 5.74) is 7.56. The van der Waals surface area contributed by atoms with E-state index in [0.717, 1.165) is 19.4 Å². The van der Waals surface area contributed by atoms with Crippen LogP contribution in [-0.4, -0.2) is 18.5 Å². The van der Waals surface area contributed by atoms with Gasteiger partial charge in [0.25, 0.3) is 0 Å². The number of nitrogens with two attached hydrogens (primary N) is 1. The molecular formula is C16H22N2O. The summed E-state index contributed by atoms with van der Waals surface area (Å²) < 4.78 is 0. The minimum absolute atomic E-state index is 0.0150. The summed E-state index contributed by atoms with van der Waals surface area (Å²) in [6, 6.07) is 10.5. The Kier molecular flexibility index (Phi) is 3.56. The van der Waals surface area contributed by atoms with Crippen molar-refractivity contribution in [2.45, 2.75) is 37.6 Å². The first-order valence-electron chi connectivity index (χ1n) is 7.34. The van der Waals surface area contributed by atoms with E-state index in [9.17, 15) is 4.79 Å². The van der Waals surface area contributed by atoms with Crippen molar-refractivity contribution in [1.29, 1.82) is 0 Å². The van der Waals surface area contributed by atoms with Crippen LogP contribution in [0.15, 0.2) is 30.3 Å². The molecular weight excluding hydrogens is 236 g/mol. The summed E-state index contributed by atoms with van der Waals surface area (Å²) in [5, 5.41) is 3.09. The van der Waals surface area contributed by atoms with Crippen molar-refractivity contribution in [3.05, 3.63) is 35.9 Å². The fourth-order valence-electron chi connectivity index (χ4n) is 3.16. The maximum Gasteiger partial charge on any atom is 0.224 e. The summed E-state index contributed by atoms with van der Waals surface area (Å²) in [4.78, 5) is 12.2. The lowest BCUT2D eigenvalue weighted by Crippen LogP contribution is -2.42. The first-order valence-corrected chi connectivity index (χ1v) is 7.34. The third kappa shape index (κ3) is 2.81. The van der Waals surface area contributed by atoms with Crippen molar-refractivity contribution in [3.63, 3.8) is 0 Å². The highest BCUT2D eigenvalue weighted by molar-refractivity contribution is 5.79. The molecule has 1 aliphatic carbocycles. The second kappa shape index (κ2) is 5.33. The van der Waals surface area contributed by atoms with Crippen LogP contribution in [0.1, 0.15) is 37.2 Å². The van der Waals surface area contributed by atoms with E-state index in [2.05, 4.69) is 29.6 Å². The maximum absolute atomic E-state index is 12.2. The molecule has 1 aliphatic heterocycles. The topological polar surface area (TPSA) is 55.1 Å². The van der Waals surface area contributed by atoms with Gasteiger partial charge in [0.2, 0.25) is 5.91 Å². The van der Waals surface area contributed by atoms with Crippen LogP contribution in [0.4, 0.5) is 0 Å². The molecule has 1 aromatic rings. The Morgan fingerprint density at radius 2 is 1.84 bits per heavy atom. The molecule has 19 heavy (non-hydrogen) atoms. The van der Waals surface area contributed by atoms with Gasteiger partial charge < -0.3 is 11.1 Å². The molecule has 1 aromatic carbocycles. The van der Waals surface area contributed by atoms with Crippen molar-refractivity contribution in [3.8, 4) is 0 Å². The lowest BCUT2D eigenvalue weighted by atomic mass is 9.87. The van der Waals surface area contributed by atoms with Crippen LogP contribution in [0.25, 0.3) is 0 Å². The van der Waals surface area contributed by atoms with Gasteiger partial charge in [0.15, 0.2) is 0 Å². The Morgan fingerprint density at radius 3 is 2.53 bits per heavy atom. The molecule has 1 amide bonds. The van der Waals surface area contributed by atoms with E-state index in [0.29, 0.717) is 11.8 Å². The summed E-state index contributed by atoms with van der Waals surface area (Å²) >= 11 is 0. The molecule has 0 bridgehead atoms. The number of hydrogen-bond donors (Lipinski definition) is 2. The van der Waals surface area contributed by atoms with Crippen molar-refractivity contribution in [2.24, 2.45) is 17.6 Å². The fourth-order valence-corrected chi connectivity index (χ4v) is 3.16. The van der Waals surface area contributed by atoms with Crippen molar-refractivity contribution < 1.29 is 4.79 Å². The van der Waals surface area contributed by atoms with Gasteiger partial charge in [0, 0.05) is 18.5 Å². The van der Waals surface area contributed by atoms with E-state index in [1.807, 2.05) is 6.07 Å². The molecule has 0 spiro atoms. The average molecular weight is 258 g/mol. The maximum atomic E-state index is 12.2. The third-order valence-corrected chi connectivity index (χ3v) is 4.59. The lowest BCUT2D eigenvalue weighted by Gasteiger charge is -2.20. The Labute approximate surface area is 114 Å². The predicted octanol–water partition coefficient (Wildman–Crippen LogP) is 2.03. The number of amides is 1. The summed E-state index contributed by atoms with van der Waals surface area (Å²) in [5.74, 6) is 1.20. The zero-order chi connectivity index (χ0) is 13.2. The van der Waals surface area contributed by atoms with Crippen molar-refractivity contribution >= 4 is 5.91 Å². The number of benzene rings is 1. The zero-order valence-electron chi connectivity index (χ0n) is 11.2. The first-order chi connectivity index (χ1) is 9.25. The Balaban J connectivity index is 1.69. The van der Waals surface area contributed by atoms with E-state index in [-0.39, 0.29) is 17.9 Å². The summed E-state index contributed by atoms with van der Waals surface area (Å²) in [7, 11) is 0. The molecule has 1 heterocycles. The highest BCUT2D eigenvalue weighted by atomic mass is 16.1. The van der Waals surface area contributed by atoms with Crippen LogP contribution in [0, 0.1) is 11.8 Å². The van der Waals surface area contributed by atoms with Crippen LogP contribution in [-0.2, 0) is 4.79 Å². The Hall–Kier alpha value is -1.35. The number of rotatable bonds is 3. The van der Waals surface area contributed by atoms with Gasteiger partial charge in [-0.2, -0.15) is 0 Å².